The Morgan fingerprint density at radius 1 is 1.14 bits per heavy atom. The SMILES string of the molecule is CC(C(=O)NC(=O)NC1CCCCC1)N1CCC(C#N)CC1. The molecule has 2 rings (SSSR count). The predicted octanol–water partition coefficient (Wildman–Crippen LogP) is 1.77. The number of piperidine rings is 1. The van der Waals surface area contributed by atoms with Crippen molar-refractivity contribution in [3.05, 3.63) is 0 Å². The average molecular weight is 306 g/mol. The fourth-order valence-electron chi connectivity index (χ4n) is 3.27. The molecule has 122 valence electrons. The van der Waals surface area contributed by atoms with Crippen LogP contribution in [0.5, 0.6) is 0 Å². The van der Waals surface area contributed by atoms with Gasteiger partial charge in [-0.3, -0.25) is 15.0 Å². The van der Waals surface area contributed by atoms with Crippen molar-refractivity contribution in [1.29, 1.82) is 5.26 Å². The van der Waals surface area contributed by atoms with Crippen molar-refractivity contribution in [1.82, 2.24) is 15.5 Å². The standard InChI is InChI=1S/C16H26N4O2/c1-12(20-9-7-13(11-17)8-10-20)15(21)19-16(22)18-14-5-3-2-4-6-14/h12-14H,2-10H2,1H3,(H2,18,19,21,22). The van der Waals surface area contributed by atoms with Crippen molar-refractivity contribution in [3.8, 4) is 6.07 Å². The van der Waals surface area contributed by atoms with Crippen molar-refractivity contribution in [2.24, 2.45) is 5.92 Å². The van der Waals surface area contributed by atoms with Gasteiger partial charge in [0.1, 0.15) is 0 Å². The van der Waals surface area contributed by atoms with Crippen LogP contribution >= 0.6 is 0 Å². The van der Waals surface area contributed by atoms with Gasteiger partial charge in [0.05, 0.1) is 12.1 Å². The minimum Gasteiger partial charge on any atom is -0.335 e. The van der Waals surface area contributed by atoms with Crippen molar-refractivity contribution in [3.63, 3.8) is 0 Å². The Bertz CT molecular complexity index is 432. The second-order valence-electron chi connectivity index (χ2n) is 6.41. The minimum absolute atomic E-state index is 0.0983. The van der Waals surface area contributed by atoms with Crippen LogP contribution < -0.4 is 10.6 Å². The number of nitriles is 1. The van der Waals surface area contributed by atoms with Gasteiger partial charge in [0.25, 0.3) is 0 Å². The van der Waals surface area contributed by atoms with E-state index >= 15 is 0 Å². The highest BCUT2D eigenvalue weighted by Crippen LogP contribution is 2.18. The Labute approximate surface area is 132 Å². The van der Waals surface area contributed by atoms with Gasteiger partial charge in [0.2, 0.25) is 5.91 Å². The summed E-state index contributed by atoms with van der Waals surface area (Å²) in [4.78, 5) is 26.1. The zero-order chi connectivity index (χ0) is 15.9. The minimum atomic E-state index is -0.379. The van der Waals surface area contributed by atoms with E-state index in [0.717, 1.165) is 51.6 Å². The number of hydrogen-bond donors (Lipinski definition) is 2. The zero-order valence-electron chi connectivity index (χ0n) is 13.3. The third-order valence-electron chi connectivity index (χ3n) is 4.82. The van der Waals surface area contributed by atoms with E-state index in [-0.39, 0.29) is 29.9 Å². The number of likely N-dealkylation sites (tertiary alicyclic amines) is 1. The summed E-state index contributed by atoms with van der Waals surface area (Å²) in [5, 5.41) is 14.2. The largest absolute Gasteiger partial charge is 0.335 e. The Kier molecular flexibility index (Phi) is 6.20. The van der Waals surface area contributed by atoms with Crippen molar-refractivity contribution in [2.75, 3.05) is 13.1 Å². The topological polar surface area (TPSA) is 85.2 Å². The molecule has 1 heterocycles. The molecule has 6 heteroatoms. The van der Waals surface area contributed by atoms with E-state index in [0.29, 0.717) is 0 Å². The summed E-state index contributed by atoms with van der Waals surface area (Å²) in [6.45, 7) is 3.28. The first-order valence-electron chi connectivity index (χ1n) is 8.35. The summed E-state index contributed by atoms with van der Waals surface area (Å²) in [7, 11) is 0. The van der Waals surface area contributed by atoms with Crippen LogP contribution in [0.2, 0.25) is 0 Å². The van der Waals surface area contributed by atoms with Gasteiger partial charge in [-0.1, -0.05) is 19.3 Å². The molecule has 0 aromatic rings. The number of rotatable bonds is 3. The summed E-state index contributed by atoms with van der Waals surface area (Å²) in [6, 6.07) is 1.76. The molecule has 0 radical (unpaired) electrons. The maximum atomic E-state index is 12.2. The highest BCUT2D eigenvalue weighted by atomic mass is 16.2. The van der Waals surface area contributed by atoms with Gasteiger partial charge in [-0.05, 0) is 32.6 Å². The molecule has 2 N–H and O–H groups in total. The van der Waals surface area contributed by atoms with Crippen molar-refractivity contribution >= 4 is 11.9 Å². The number of amides is 3. The van der Waals surface area contributed by atoms with Gasteiger partial charge in [-0.15, -0.1) is 0 Å². The maximum absolute atomic E-state index is 12.2. The van der Waals surface area contributed by atoms with E-state index in [9.17, 15) is 9.59 Å². The van der Waals surface area contributed by atoms with Crippen LogP contribution in [-0.2, 0) is 4.79 Å². The quantitative estimate of drug-likeness (QED) is 0.832. The van der Waals surface area contributed by atoms with Gasteiger partial charge in [0.15, 0.2) is 0 Å². The predicted molar refractivity (Wildman–Crippen MR) is 82.9 cm³/mol. The first kappa shape index (κ1) is 16.8. The van der Waals surface area contributed by atoms with Crippen LogP contribution in [0.4, 0.5) is 4.79 Å². The summed E-state index contributed by atoms with van der Waals surface area (Å²) in [5.74, 6) is -0.162. The normalized spacial score (nSPS) is 22.5. The summed E-state index contributed by atoms with van der Waals surface area (Å²) < 4.78 is 0. The number of hydrogen-bond acceptors (Lipinski definition) is 4. The zero-order valence-corrected chi connectivity index (χ0v) is 13.3. The average Bonchev–Trinajstić information content (AvgIpc) is 2.55. The van der Waals surface area contributed by atoms with Crippen LogP contribution in [0.15, 0.2) is 0 Å². The van der Waals surface area contributed by atoms with E-state index < -0.39 is 0 Å². The lowest BCUT2D eigenvalue weighted by Crippen LogP contribution is -2.52. The van der Waals surface area contributed by atoms with Crippen LogP contribution in [0.25, 0.3) is 0 Å². The fourth-order valence-corrected chi connectivity index (χ4v) is 3.27. The van der Waals surface area contributed by atoms with E-state index in [1.807, 2.05) is 11.8 Å². The van der Waals surface area contributed by atoms with E-state index in [1.54, 1.807) is 0 Å². The van der Waals surface area contributed by atoms with Gasteiger partial charge >= 0.3 is 6.03 Å². The van der Waals surface area contributed by atoms with Gasteiger partial charge < -0.3 is 5.32 Å². The maximum Gasteiger partial charge on any atom is 0.321 e. The van der Waals surface area contributed by atoms with Crippen LogP contribution in [0.3, 0.4) is 0 Å². The molecule has 1 atom stereocenters. The number of urea groups is 1. The molecule has 0 spiro atoms. The summed E-state index contributed by atoms with van der Waals surface area (Å²) in [5.41, 5.74) is 0. The van der Waals surface area contributed by atoms with Crippen LogP contribution in [-0.4, -0.2) is 42.0 Å². The molecule has 0 bridgehead atoms. The molecule has 6 nitrogen and oxygen atoms in total. The number of carbonyl (C=O) groups is 2. The molecule has 3 amide bonds. The van der Waals surface area contributed by atoms with E-state index in [2.05, 4.69) is 16.7 Å². The van der Waals surface area contributed by atoms with E-state index in [4.69, 9.17) is 5.26 Å². The number of nitrogens with one attached hydrogen (secondary N) is 2. The van der Waals surface area contributed by atoms with Crippen LogP contribution in [0, 0.1) is 17.2 Å². The smallest absolute Gasteiger partial charge is 0.321 e. The Morgan fingerprint density at radius 3 is 2.36 bits per heavy atom. The molecule has 1 aliphatic carbocycles. The number of imide groups is 1. The number of carbonyl (C=O) groups excluding carboxylic acids is 2. The summed E-state index contributed by atoms with van der Waals surface area (Å²) >= 11 is 0. The van der Waals surface area contributed by atoms with E-state index in [1.165, 1.54) is 6.42 Å². The highest BCUT2D eigenvalue weighted by molar-refractivity contribution is 5.96. The molecule has 2 fully saturated rings. The van der Waals surface area contributed by atoms with Gasteiger partial charge in [-0.25, -0.2) is 4.79 Å². The molecule has 0 aromatic carbocycles. The Morgan fingerprint density at radius 2 is 1.77 bits per heavy atom. The van der Waals surface area contributed by atoms with Crippen LogP contribution in [0.1, 0.15) is 51.9 Å². The van der Waals surface area contributed by atoms with Gasteiger partial charge in [-0.2, -0.15) is 5.26 Å². The lowest BCUT2D eigenvalue weighted by Gasteiger charge is -2.33. The fraction of sp³-hybridized carbons (Fsp3) is 0.812. The summed E-state index contributed by atoms with van der Waals surface area (Å²) in [6.07, 6.45) is 7.10. The molecule has 1 saturated carbocycles. The molecular formula is C16H26N4O2. The molecule has 22 heavy (non-hydrogen) atoms. The number of nitrogens with zero attached hydrogens (tertiary/aromatic N) is 2. The lowest BCUT2D eigenvalue weighted by molar-refractivity contribution is -0.125. The molecule has 1 unspecified atom stereocenters. The molecule has 2 aliphatic rings. The monoisotopic (exact) mass is 306 g/mol. The first-order valence-corrected chi connectivity index (χ1v) is 8.35. The molecular weight excluding hydrogens is 280 g/mol. The third kappa shape index (κ3) is 4.70. The Balaban J connectivity index is 1.73. The van der Waals surface area contributed by atoms with Gasteiger partial charge in [0, 0.05) is 25.0 Å². The highest BCUT2D eigenvalue weighted by Gasteiger charge is 2.27. The van der Waals surface area contributed by atoms with Crippen molar-refractivity contribution < 1.29 is 9.59 Å². The molecule has 0 aromatic heterocycles. The second kappa shape index (κ2) is 8.14. The lowest BCUT2D eigenvalue weighted by atomic mass is 9.96. The second-order valence-corrected chi connectivity index (χ2v) is 6.41. The molecule has 1 saturated heterocycles. The third-order valence-corrected chi connectivity index (χ3v) is 4.82. The first-order chi connectivity index (χ1) is 10.6. The van der Waals surface area contributed by atoms with Crippen molar-refractivity contribution in [2.45, 2.75) is 64.0 Å². The Hall–Kier alpha value is -1.61. The molecule has 1 aliphatic heterocycles.